The molecule has 0 aliphatic heterocycles. The number of aliphatic hydroxyl groups excluding tert-OH is 1. The first kappa shape index (κ1) is 14.2. The Kier molecular flexibility index (Phi) is 6.67. The minimum absolute atomic E-state index is 0.170. The lowest BCUT2D eigenvalue weighted by atomic mass is 10.3. The van der Waals surface area contributed by atoms with Gasteiger partial charge in [-0.3, -0.25) is 10.1 Å². The third kappa shape index (κ3) is 5.85. The van der Waals surface area contributed by atoms with Crippen LogP contribution in [0.3, 0.4) is 0 Å². The number of carbonyl (C=O) groups is 2. The summed E-state index contributed by atoms with van der Waals surface area (Å²) in [5.41, 5.74) is 0.170. The van der Waals surface area contributed by atoms with E-state index in [1.807, 2.05) is 6.92 Å². The number of methoxy groups -OCH3 is 1. The number of hydrogen-bond acceptors (Lipinski definition) is 4. The van der Waals surface area contributed by atoms with Crippen molar-refractivity contribution >= 4 is 11.9 Å². The largest absolute Gasteiger partial charge is 0.495 e. The van der Waals surface area contributed by atoms with Crippen LogP contribution in [0.15, 0.2) is 23.6 Å². The molecule has 0 heterocycles. The number of amides is 1. The Morgan fingerprint density at radius 3 is 2.56 bits per heavy atom. The van der Waals surface area contributed by atoms with Gasteiger partial charge in [0.25, 0.3) is 5.91 Å². The van der Waals surface area contributed by atoms with E-state index in [4.69, 9.17) is 0 Å². The molecule has 0 spiro atoms. The molecule has 16 heavy (non-hydrogen) atoms. The topological polar surface area (TPSA) is 75.6 Å². The molecule has 0 fully saturated rings. The fourth-order valence-electron chi connectivity index (χ4n) is 0.911. The van der Waals surface area contributed by atoms with Crippen molar-refractivity contribution in [1.29, 1.82) is 0 Å². The summed E-state index contributed by atoms with van der Waals surface area (Å²) in [6, 6.07) is 0. The van der Waals surface area contributed by atoms with E-state index in [-0.39, 0.29) is 11.5 Å². The smallest absolute Gasteiger partial charge is 0.333 e. The monoisotopic (exact) mass is 227 g/mol. The predicted molar refractivity (Wildman–Crippen MR) is 59.5 cm³/mol. The number of hydrogen-bond donors (Lipinski definition) is 2. The Morgan fingerprint density at radius 2 is 2.06 bits per heavy atom. The third-order valence-corrected chi connectivity index (χ3v) is 1.73. The van der Waals surface area contributed by atoms with Gasteiger partial charge in [-0.05, 0) is 19.4 Å². The summed E-state index contributed by atoms with van der Waals surface area (Å²) >= 11 is 0. The molecule has 0 rings (SSSR count). The summed E-state index contributed by atoms with van der Waals surface area (Å²) in [5, 5.41) is 11.5. The summed E-state index contributed by atoms with van der Waals surface area (Å²) in [6.45, 7) is 3.41. The average Bonchev–Trinajstić information content (AvgIpc) is 2.24. The minimum Gasteiger partial charge on any atom is -0.495 e. The highest BCUT2D eigenvalue weighted by atomic mass is 16.5. The highest BCUT2D eigenvalue weighted by molar-refractivity contribution is 5.98. The Balaban J connectivity index is 4.32. The maximum atomic E-state index is 11.3. The molecule has 0 saturated heterocycles. The number of ether oxygens (including phenoxy) is 1. The van der Waals surface area contributed by atoms with Crippen molar-refractivity contribution in [3.05, 3.63) is 23.6 Å². The zero-order valence-electron chi connectivity index (χ0n) is 9.74. The van der Waals surface area contributed by atoms with E-state index in [2.05, 4.69) is 10.1 Å². The first-order chi connectivity index (χ1) is 7.51. The summed E-state index contributed by atoms with van der Waals surface area (Å²) < 4.78 is 4.42. The van der Waals surface area contributed by atoms with E-state index < -0.39 is 11.9 Å². The van der Waals surface area contributed by atoms with E-state index in [1.165, 1.54) is 20.1 Å². The van der Waals surface area contributed by atoms with Gasteiger partial charge in [0.2, 0.25) is 0 Å². The van der Waals surface area contributed by atoms with E-state index in [1.54, 1.807) is 0 Å². The van der Waals surface area contributed by atoms with Gasteiger partial charge < -0.3 is 9.84 Å². The summed E-state index contributed by atoms with van der Waals surface area (Å²) in [6.07, 6.45) is 4.11. The highest BCUT2D eigenvalue weighted by Crippen LogP contribution is 1.96. The van der Waals surface area contributed by atoms with Crippen LogP contribution in [0.5, 0.6) is 0 Å². The number of rotatable bonds is 5. The molecule has 0 aliphatic carbocycles. The first-order valence-electron chi connectivity index (χ1n) is 4.98. The molecular formula is C11H17NO4. The van der Waals surface area contributed by atoms with Gasteiger partial charge >= 0.3 is 5.97 Å². The van der Waals surface area contributed by atoms with Crippen molar-refractivity contribution < 1.29 is 19.4 Å². The van der Waals surface area contributed by atoms with Crippen LogP contribution in [-0.2, 0) is 14.3 Å². The molecular weight excluding hydrogens is 210 g/mol. The van der Waals surface area contributed by atoms with Crippen molar-refractivity contribution in [1.82, 2.24) is 5.32 Å². The Bertz CT molecular complexity index is 318. The second-order valence-corrected chi connectivity index (χ2v) is 3.19. The maximum Gasteiger partial charge on any atom is 0.333 e. The van der Waals surface area contributed by atoms with Crippen molar-refractivity contribution in [2.75, 3.05) is 7.11 Å². The lowest BCUT2D eigenvalue weighted by Gasteiger charge is -2.01. The molecule has 0 aromatic rings. The zero-order chi connectivity index (χ0) is 12.6. The van der Waals surface area contributed by atoms with Crippen molar-refractivity contribution in [2.24, 2.45) is 0 Å². The molecule has 0 aliphatic rings. The van der Waals surface area contributed by atoms with Gasteiger partial charge in [-0.25, -0.2) is 4.79 Å². The number of carbonyl (C=O) groups excluding carboxylic acids is 2. The molecule has 0 aromatic carbocycles. The Labute approximate surface area is 94.8 Å². The molecule has 0 unspecified atom stereocenters. The SMILES string of the molecule is CCC/C=C(\O)NC(=O)/C=C(\C)C(=O)OC. The van der Waals surface area contributed by atoms with Gasteiger partial charge in [-0.1, -0.05) is 13.3 Å². The quantitative estimate of drug-likeness (QED) is 0.423. The summed E-state index contributed by atoms with van der Waals surface area (Å²) in [7, 11) is 1.23. The van der Waals surface area contributed by atoms with E-state index in [9.17, 15) is 14.7 Å². The van der Waals surface area contributed by atoms with Gasteiger partial charge in [0.1, 0.15) is 0 Å². The number of allylic oxidation sites excluding steroid dienone is 1. The van der Waals surface area contributed by atoms with Crippen LogP contribution in [0.25, 0.3) is 0 Å². The molecule has 5 heteroatoms. The number of aliphatic hydroxyl groups is 1. The summed E-state index contributed by atoms with van der Waals surface area (Å²) in [4.78, 5) is 22.2. The van der Waals surface area contributed by atoms with Gasteiger partial charge in [0.05, 0.1) is 7.11 Å². The molecule has 2 N–H and O–H groups in total. The molecule has 90 valence electrons. The van der Waals surface area contributed by atoms with Gasteiger partial charge in [-0.15, -0.1) is 0 Å². The maximum absolute atomic E-state index is 11.3. The Morgan fingerprint density at radius 1 is 1.44 bits per heavy atom. The molecule has 0 atom stereocenters. The van der Waals surface area contributed by atoms with Crippen LogP contribution in [-0.4, -0.2) is 24.1 Å². The van der Waals surface area contributed by atoms with Crippen molar-refractivity contribution in [2.45, 2.75) is 26.7 Å². The van der Waals surface area contributed by atoms with Gasteiger partial charge in [0, 0.05) is 11.6 Å². The van der Waals surface area contributed by atoms with Crippen LogP contribution >= 0.6 is 0 Å². The molecule has 0 aromatic heterocycles. The number of nitrogens with one attached hydrogen (secondary N) is 1. The molecule has 0 bridgehead atoms. The molecule has 1 amide bonds. The predicted octanol–water partition coefficient (Wildman–Crippen LogP) is 1.42. The van der Waals surface area contributed by atoms with Crippen molar-refractivity contribution in [3.8, 4) is 0 Å². The first-order valence-corrected chi connectivity index (χ1v) is 4.98. The van der Waals surface area contributed by atoms with Gasteiger partial charge in [-0.2, -0.15) is 0 Å². The average molecular weight is 227 g/mol. The van der Waals surface area contributed by atoms with Crippen LogP contribution < -0.4 is 5.32 Å². The van der Waals surface area contributed by atoms with E-state index in [0.29, 0.717) is 6.42 Å². The minimum atomic E-state index is -0.577. The fourth-order valence-corrected chi connectivity index (χ4v) is 0.911. The summed E-state index contributed by atoms with van der Waals surface area (Å²) in [5.74, 6) is -1.35. The molecule has 0 saturated carbocycles. The highest BCUT2D eigenvalue weighted by Gasteiger charge is 2.06. The lowest BCUT2D eigenvalue weighted by Crippen LogP contribution is -2.21. The van der Waals surface area contributed by atoms with Crippen LogP contribution in [0, 0.1) is 0 Å². The van der Waals surface area contributed by atoms with Gasteiger partial charge in [0.15, 0.2) is 5.88 Å². The standard InChI is InChI=1S/C11H17NO4/c1-4-5-6-9(13)12-10(14)7-8(2)11(15)16-3/h6-7,13H,4-5H2,1-3H3,(H,12,14)/b8-7+,9-6-. The molecule has 5 nitrogen and oxygen atoms in total. The van der Waals surface area contributed by atoms with Crippen LogP contribution in [0.1, 0.15) is 26.7 Å². The third-order valence-electron chi connectivity index (χ3n) is 1.73. The van der Waals surface area contributed by atoms with Crippen LogP contribution in [0.4, 0.5) is 0 Å². The number of esters is 1. The molecule has 0 radical (unpaired) electrons. The second-order valence-electron chi connectivity index (χ2n) is 3.19. The number of unbranched alkanes of at least 4 members (excludes halogenated alkanes) is 1. The normalized spacial score (nSPS) is 12.2. The fraction of sp³-hybridized carbons (Fsp3) is 0.455. The lowest BCUT2D eigenvalue weighted by molar-refractivity contribution is -0.136. The second kappa shape index (κ2) is 7.50. The zero-order valence-corrected chi connectivity index (χ0v) is 9.74. The van der Waals surface area contributed by atoms with Crippen molar-refractivity contribution in [3.63, 3.8) is 0 Å². The van der Waals surface area contributed by atoms with E-state index >= 15 is 0 Å². The van der Waals surface area contributed by atoms with Crippen LogP contribution in [0.2, 0.25) is 0 Å². The Hall–Kier alpha value is -1.78. The van der Waals surface area contributed by atoms with E-state index in [0.717, 1.165) is 12.5 Å².